The molecule has 1 aromatic carbocycles. The maximum Gasteiger partial charge on any atom is 0.164 e. The summed E-state index contributed by atoms with van der Waals surface area (Å²) in [6.45, 7) is 2.13. The lowest BCUT2D eigenvalue weighted by molar-refractivity contribution is 0.0984. The molecule has 1 atom stereocenters. The van der Waals surface area contributed by atoms with Crippen molar-refractivity contribution in [1.82, 2.24) is 0 Å². The SMILES string of the molecule is CC1=CC2(CS1)CC(=O)c1ccccc12. The zero-order valence-corrected chi connectivity index (χ0v) is 9.43. The Hall–Kier alpha value is -1.02. The van der Waals surface area contributed by atoms with Crippen molar-refractivity contribution in [3.63, 3.8) is 0 Å². The van der Waals surface area contributed by atoms with Crippen molar-refractivity contribution >= 4 is 17.5 Å². The third-order valence-electron chi connectivity index (χ3n) is 3.28. The van der Waals surface area contributed by atoms with Gasteiger partial charge in [0.1, 0.15) is 0 Å². The van der Waals surface area contributed by atoms with E-state index in [9.17, 15) is 4.79 Å². The minimum absolute atomic E-state index is 0.0163. The van der Waals surface area contributed by atoms with Gasteiger partial charge in [-0.25, -0.2) is 0 Å². The second-order valence-electron chi connectivity index (χ2n) is 4.35. The summed E-state index contributed by atoms with van der Waals surface area (Å²) >= 11 is 1.87. The van der Waals surface area contributed by atoms with Crippen LogP contribution in [0.4, 0.5) is 0 Å². The Bertz CT molecular complexity index is 475. The average Bonchev–Trinajstić information content (AvgIpc) is 2.72. The van der Waals surface area contributed by atoms with Crippen LogP contribution in [-0.4, -0.2) is 11.5 Å². The highest BCUT2D eigenvalue weighted by Gasteiger charge is 2.43. The van der Waals surface area contributed by atoms with E-state index in [1.807, 2.05) is 30.0 Å². The number of carbonyl (C=O) groups is 1. The summed E-state index contributed by atoms with van der Waals surface area (Å²) in [7, 11) is 0. The molecule has 2 heteroatoms. The van der Waals surface area contributed by atoms with Crippen LogP contribution in [0.15, 0.2) is 35.2 Å². The molecule has 1 nitrogen and oxygen atoms in total. The fourth-order valence-electron chi connectivity index (χ4n) is 2.61. The summed E-state index contributed by atoms with van der Waals surface area (Å²) in [5.41, 5.74) is 2.19. The van der Waals surface area contributed by atoms with Gasteiger partial charge in [-0.2, -0.15) is 0 Å². The predicted molar refractivity (Wildman–Crippen MR) is 63.3 cm³/mol. The van der Waals surface area contributed by atoms with Crippen LogP contribution in [-0.2, 0) is 5.41 Å². The Morgan fingerprint density at radius 2 is 2.13 bits per heavy atom. The van der Waals surface area contributed by atoms with E-state index >= 15 is 0 Å². The summed E-state index contributed by atoms with van der Waals surface area (Å²) < 4.78 is 0. The minimum atomic E-state index is 0.0163. The van der Waals surface area contributed by atoms with E-state index in [4.69, 9.17) is 0 Å². The molecule has 0 N–H and O–H groups in total. The van der Waals surface area contributed by atoms with E-state index in [1.54, 1.807) is 0 Å². The van der Waals surface area contributed by atoms with E-state index in [1.165, 1.54) is 10.5 Å². The number of hydrogen-bond acceptors (Lipinski definition) is 2. The highest BCUT2D eigenvalue weighted by Crippen LogP contribution is 2.48. The molecule has 76 valence electrons. The van der Waals surface area contributed by atoms with Gasteiger partial charge in [0.05, 0.1) is 0 Å². The summed E-state index contributed by atoms with van der Waals surface area (Å²) in [5, 5.41) is 0. The van der Waals surface area contributed by atoms with Gasteiger partial charge < -0.3 is 0 Å². The lowest BCUT2D eigenvalue weighted by Crippen LogP contribution is -2.20. The Kier molecular flexibility index (Phi) is 1.84. The van der Waals surface area contributed by atoms with Crippen LogP contribution in [0.25, 0.3) is 0 Å². The van der Waals surface area contributed by atoms with Gasteiger partial charge in [0, 0.05) is 23.2 Å². The first kappa shape index (κ1) is 9.22. The van der Waals surface area contributed by atoms with Gasteiger partial charge in [0.25, 0.3) is 0 Å². The Labute approximate surface area is 93.6 Å². The average molecular weight is 216 g/mol. The van der Waals surface area contributed by atoms with E-state index < -0.39 is 0 Å². The third-order valence-corrected chi connectivity index (χ3v) is 4.51. The molecule has 1 aromatic rings. The van der Waals surface area contributed by atoms with Gasteiger partial charge in [-0.05, 0) is 17.4 Å². The molecule has 1 aliphatic heterocycles. The molecule has 1 unspecified atom stereocenters. The first-order valence-corrected chi connectivity index (χ1v) is 6.15. The van der Waals surface area contributed by atoms with Crippen LogP contribution >= 0.6 is 11.8 Å². The first-order valence-electron chi connectivity index (χ1n) is 5.16. The topological polar surface area (TPSA) is 17.1 Å². The Morgan fingerprint density at radius 3 is 2.87 bits per heavy atom. The number of allylic oxidation sites excluding steroid dienone is 2. The normalized spacial score (nSPS) is 28.3. The second kappa shape index (κ2) is 2.99. The Balaban J connectivity index is 2.20. The van der Waals surface area contributed by atoms with Crippen LogP contribution in [0, 0.1) is 0 Å². The molecule has 0 fully saturated rings. The van der Waals surface area contributed by atoms with Crippen LogP contribution in [0.5, 0.6) is 0 Å². The highest BCUT2D eigenvalue weighted by atomic mass is 32.2. The molecule has 0 amide bonds. The number of fused-ring (bicyclic) bond motifs is 2. The lowest BCUT2D eigenvalue weighted by Gasteiger charge is -2.20. The summed E-state index contributed by atoms with van der Waals surface area (Å²) in [6.07, 6.45) is 2.94. The van der Waals surface area contributed by atoms with Gasteiger partial charge in [-0.1, -0.05) is 30.3 Å². The monoisotopic (exact) mass is 216 g/mol. The first-order chi connectivity index (χ1) is 7.21. The molecule has 3 rings (SSSR count). The van der Waals surface area contributed by atoms with Crippen molar-refractivity contribution in [2.45, 2.75) is 18.8 Å². The molecule has 0 bridgehead atoms. The lowest BCUT2D eigenvalue weighted by atomic mass is 9.84. The molecule has 0 saturated heterocycles. The van der Waals surface area contributed by atoms with Gasteiger partial charge in [-0.3, -0.25) is 4.79 Å². The van der Waals surface area contributed by atoms with E-state index in [0.29, 0.717) is 12.2 Å². The maximum atomic E-state index is 11.9. The largest absolute Gasteiger partial charge is 0.294 e. The van der Waals surface area contributed by atoms with E-state index in [-0.39, 0.29) is 5.41 Å². The number of carbonyl (C=O) groups excluding carboxylic acids is 1. The second-order valence-corrected chi connectivity index (χ2v) is 5.57. The fourth-order valence-corrected chi connectivity index (χ4v) is 3.75. The zero-order chi connectivity index (χ0) is 10.5. The third kappa shape index (κ3) is 1.21. The molecule has 2 aliphatic rings. The predicted octanol–water partition coefficient (Wildman–Crippen LogP) is 3.16. The van der Waals surface area contributed by atoms with Crippen molar-refractivity contribution in [3.05, 3.63) is 46.4 Å². The van der Waals surface area contributed by atoms with Crippen LogP contribution < -0.4 is 0 Å². The standard InChI is InChI=1S/C13H12OS/c1-9-6-13(8-15-9)7-12(14)10-4-2-3-5-11(10)13/h2-6H,7-8H2,1H3. The molecular weight excluding hydrogens is 204 g/mol. The number of benzene rings is 1. The number of thioether (sulfide) groups is 1. The number of ketones is 1. The van der Waals surface area contributed by atoms with Crippen molar-refractivity contribution in [1.29, 1.82) is 0 Å². The van der Waals surface area contributed by atoms with Crippen LogP contribution in [0.2, 0.25) is 0 Å². The van der Waals surface area contributed by atoms with Crippen molar-refractivity contribution in [3.8, 4) is 0 Å². The summed E-state index contributed by atoms with van der Waals surface area (Å²) in [4.78, 5) is 13.2. The molecular formula is C13H12OS. The highest BCUT2D eigenvalue weighted by molar-refractivity contribution is 8.03. The van der Waals surface area contributed by atoms with Crippen molar-refractivity contribution in [2.75, 3.05) is 5.75 Å². The number of hydrogen-bond donors (Lipinski definition) is 0. The van der Waals surface area contributed by atoms with Crippen molar-refractivity contribution in [2.24, 2.45) is 0 Å². The summed E-state index contributed by atoms with van der Waals surface area (Å²) in [6, 6.07) is 8.05. The maximum absolute atomic E-state index is 11.9. The smallest absolute Gasteiger partial charge is 0.164 e. The summed E-state index contributed by atoms with van der Waals surface area (Å²) in [5.74, 6) is 1.33. The fraction of sp³-hybridized carbons (Fsp3) is 0.308. The molecule has 0 aromatic heterocycles. The quantitative estimate of drug-likeness (QED) is 0.662. The zero-order valence-electron chi connectivity index (χ0n) is 8.62. The van der Waals surface area contributed by atoms with Crippen LogP contribution in [0.1, 0.15) is 29.3 Å². The molecule has 1 spiro atoms. The number of rotatable bonds is 0. The molecule has 1 aliphatic carbocycles. The van der Waals surface area contributed by atoms with Gasteiger partial charge in [-0.15, -0.1) is 11.8 Å². The van der Waals surface area contributed by atoms with Gasteiger partial charge in [0.15, 0.2) is 5.78 Å². The van der Waals surface area contributed by atoms with Crippen LogP contribution in [0.3, 0.4) is 0 Å². The minimum Gasteiger partial charge on any atom is -0.294 e. The number of Topliss-reactive ketones (excluding diaryl/α,β-unsaturated/α-hetero) is 1. The Morgan fingerprint density at radius 1 is 1.33 bits per heavy atom. The van der Waals surface area contributed by atoms with Gasteiger partial charge in [0.2, 0.25) is 0 Å². The molecule has 0 saturated carbocycles. The molecule has 0 radical (unpaired) electrons. The van der Waals surface area contributed by atoms with Crippen molar-refractivity contribution < 1.29 is 4.79 Å². The van der Waals surface area contributed by atoms with Gasteiger partial charge >= 0.3 is 0 Å². The van der Waals surface area contributed by atoms with E-state index in [2.05, 4.69) is 19.1 Å². The molecule has 15 heavy (non-hydrogen) atoms. The molecule has 1 heterocycles. The van der Waals surface area contributed by atoms with E-state index in [0.717, 1.165) is 11.3 Å².